The Kier molecular flexibility index (Phi) is 5.76. The van der Waals surface area contributed by atoms with Crippen molar-refractivity contribution in [2.75, 3.05) is 24.6 Å². The van der Waals surface area contributed by atoms with E-state index in [2.05, 4.69) is 21.2 Å². The third-order valence-corrected chi connectivity index (χ3v) is 7.52. The Labute approximate surface area is 212 Å². The maximum atomic E-state index is 15.0. The highest BCUT2D eigenvalue weighted by molar-refractivity contribution is 6.30. The molecule has 36 heavy (non-hydrogen) atoms. The van der Waals surface area contributed by atoms with E-state index in [-0.39, 0.29) is 22.2 Å². The summed E-state index contributed by atoms with van der Waals surface area (Å²) in [5.41, 5.74) is 2.77. The predicted octanol–water partition coefficient (Wildman–Crippen LogP) is 4.67. The molecule has 1 aliphatic carbocycles. The van der Waals surface area contributed by atoms with E-state index in [9.17, 15) is 4.79 Å². The maximum absolute atomic E-state index is 15.0. The van der Waals surface area contributed by atoms with Gasteiger partial charge in [-0.1, -0.05) is 11.6 Å². The molecule has 0 bridgehead atoms. The van der Waals surface area contributed by atoms with Gasteiger partial charge in [-0.25, -0.2) is 14.4 Å². The Morgan fingerprint density at radius 3 is 2.75 bits per heavy atom. The zero-order valence-electron chi connectivity index (χ0n) is 20.1. The molecule has 8 nitrogen and oxygen atoms in total. The largest absolute Gasteiger partial charge is 0.370 e. The number of aromatic nitrogens is 5. The van der Waals surface area contributed by atoms with Crippen molar-refractivity contribution >= 4 is 23.1 Å². The molecule has 0 spiro atoms. The second kappa shape index (κ2) is 8.97. The van der Waals surface area contributed by atoms with Crippen LogP contribution in [-0.4, -0.2) is 43.8 Å². The molecule has 6 rings (SSSR count). The molecule has 3 aromatic heterocycles. The van der Waals surface area contributed by atoms with E-state index in [1.54, 1.807) is 32.2 Å². The summed E-state index contributed by atoms with van der Waals surface area (Å²) in [5.74, 6) is 0.0310. The number of aryl methyl sites for hydroxylation is 1. The number of benzene rings is 1. The van der Waals surface area contributed by atoms with E-state index < -0.39 is 5.82 Å². The summed E-state index contributed by atoms with van der Waals surface area (Å²) in [6, 6.07) is 4.89. The van der Waals surface area contributed by atoms with Crippen LogP contribution in [0, 0.1) is 19.7 Å². The SMILES string of the molecule is Cc1nc2c(-c3ccc(Cl)cc3F)nc(N3CCO[C@H](c4cnn(C5CCC5)c4)C3)cn2c(=O)c1C. The summed E-state index contributed by atoms with van der Waals surface area (Å²) in [6.45, 7) is 5.11. The zero-order valence-corrected chi connectivity index (χ0v) is 20.9. The summed E-state index contributed by atoms with van der Waals surface area (Å²) in [7, 11) is 0. The molecular formula is C26H26ClFN6O2. The highest BCUT2D eigenvalue weighted by Crippen LogP contribution is 2.33. The lowest BCUT2D eigenvalue weighted by atomic mass is 9.93. The van der Waals surface area contributed by atoms with Gasteiger partial charge in [0.2, 0.25) is 0 Å². The van der Waals surface area contributed by atoms with Gasteiger partial charge < -0.3 is 9.64 Å². The second-order valence-electron chi connectivity index (χ2n) is 9.54. The van der Waals surface area contributed by atoms with Crippen molar-refractivity contribution in [3.05, 3.63) is 74.8 Å². The average molecular weight is 509 g/mol. The number of hydrogen-bond acceptors (Lipinski definition) is 6. The van der Waals surface area contributed by atoms with Crippen LogP contribution in [0.2, 0.25) is 5.02 Å². The lowest BCUT2D eigenvalue weighted by Crippen LogP contribution is -2.39. The van der Waals surface area contributed by atoms with E-state index in [0.717, 1.165) is 18.4 Å². The molecular weight excluding hydrogens is 483 g/mol. The van der Waals surface area contributed by atoms with Crippen LogP contribution in [0.3, 0.4) is 0 Å². The molecule has 0 N–H and O–H groups in total. The van der Waals surface area contributed by atoms with E-state index in [1.165, 1.54) is 16.9 Å². The van der Waals surface area contributed by atoms with Crippen molar-refractivity contribution in [3.8, 4) is 11.3 Å². The summed E-state index contributed by atoms with van der Waals surface area (Å²) >= 11 is 6.00. The van der Waals surface area contributed by atoms with Crippen molar-refractivity contribution in [1.82, 2.24) is 24.1 Å². The van der Waals surface area contributed by atoms with Gasteiger partial charge in [-0.2, -0.15) is 5.10 Å². The Hall–Kier alpha value is -3.30. The van der Waals surface area contributed by atoms with Gasteiger partial charge >= 0.3 is 0 Å². The molecule has 2 aliphatic rings. The molecule has 4 aromatic rings. The van der Waals surface area contributed by atoms with E-state index in [1.807, 2.05) is 10.9 Å². The Bertz CT molecular complexity index is 1530. The fraction of sp³-hybridized carbons (Fsp3) is 0.385. The molecule has 0 unspecified atom stereocenters. The third-order valence-electron chi connectivity index (χ3n) is 7.29. The second-order valence-corrected chi connectivity index (χ2v) is 9.97. The molecule has 0 amide bonds. The van der Waals surface area contributed by atoms with Gasteiger partial charge in [-0.05, 0) is 51.3 Å². The smallest absolute Gasteiger partial charge is 0.261 e. The summed E-state index contributed by atoms with van der Waals surface area (Å²) in [4.78, 5) is 24.7. The minimum Gasteiger partial charge on any atom is -0.370 e. The van der Waals surface area contributed by atoms with E-state index >= 15 is 4.39 Å². The Morgan fingerprint density at radius 2 is 2.00 bits per heavy atom. The Balaban J connectivity index is 1.43. The normalized spacial score (nSPS) is 18.6. The molecule has 0 radical (unpaired) electrons. The first-order valence-corrected chi connectivity index (χ1v) is 12.5. The highest BCUT2D eigenvalue weighted by atomic mass is 35.5. The first-order chi connectivity index (χ1) is 17.4. The number of halogens is 2. The topological polar surface area (TPSA) is 77.6 Å². The first kappa shape index (κ1) is 23.1. The van der Waals surface area contributed by atoms with Gasteiger partial charge in [-0.15, -0.1) is 0 Å². The lowest BCUT2D eigenvalue weighted by Gasteiger charge is -2.33. The highest BCUT2D eigenvalue weighted by Gasteiger charge is 2.28. The lowest BCUT2D eigenvalue weighted by molar-refractivity contribution is 0.0394. The maximum Gasteiger partial charge on any atom is 0.261 e. The minimum atomic E-state index is -0.523. The van der Waals surface area contributed by atoms with E-state index in [4.69, 9.17) is 21.3 Å². The van der Waals surface area contributed by atoms with Crippen molar-refractivity contribution in [3.63, 3.8) is 0 Å². The van der Waals surface area contributed by atoms with Crippen LogP contribution < -0.4 is 10.5 Å². The predicted molar refractivity (Wildman–Crippen MR) is 135 cm³/mol. The molecule has 10 heteroatoms. The van der Waals surface area contributed by atoms with Crippen LogP contribution in [-0.2, 0) is 4.74 Å². The molecule has 1 aliphatic heterocycles. The molecule has 2 fully saturated rings. The van der Waals surface area contributed by atoms with Gasteiger partial charge in [0.25, 0.3) is 5.56 Å². The molecule has 1 saturated carbocycles. The fourth-order valence-corrected chi connectivity index (χ4v) is 4.93. The number of morpholine rings is 1. The van der Waals surface area contributed by atoms with Crippen LogP contribution in [0.5, 0.6) is 0 Å². The standard InChI is InChI=1S/C26H26ClFN6O2/c1-15-16(2)30-25-24(20-7-6-18(27)10-21(20)28)31-23(14-33(25)26(15)35)32-8-9-36-22(13-32)17-11-29-34(12-17)19-4-3-5-19/h6-7,10-12,14,19,22H,3-5,8-9,13H2,1-2H3/t22-/m0/s1. The average Bonchev–Trinajstić information content (AvgIpc) is 3.31. The number of ether oxygens (including phenoxy) is 1. The van der Waals surface area contributed by atoms with Crippen molar-refractivity contribution in [1.29, 1.82) is 0 Å². The molecule has 1 atom stereocenters. The van der Waals surface area contributed by atoms with Crippen molar-refractivity contribution in [2.24, 2.45) is 0 Å². The van der Waals surface area contributed by atoms with Crippen LogP contribution >= 0.6 is 11.6 Å². The van der Waals surface area contributed by atoms with Crippen LogP contribution in [0.1, 0.15) is 48.2 Å². The Morgan fingerprint density at radius 1 is 1.17 bits per heavy atom. The first-order valence-electron chi connectivity index (χ1n) is 12.2. The quantitative estimate of drug-likeness (QED) is 0.399. The van der Waals surface area contributed by atoms with E-state index in [0.29, 0.717) is 54.2 Å². The van der Waals surface area contributed by atoms with Gasteiger partial charge in [0.05, 0.1) is 31.6 Å². The molecule has 1 saturated heterocycles. The van der Waals surface area contributed by atoms with Crippen LogP contribution in [0.15, 0.2) is 41.6 Å². The van der Waals surface area contributed by atoms with Gasteiger partial charge in [0, 0.05) is 40.1 Å². The minimum absolute atomic E-state index is 0.185. The van der Waals surface area contributed by atoms with Gasteiger partial charge in [0.1, 0.15) is 23.4 Å². The fourth-order valence-electron chi connectivity index (χ4n) is 4.77. The van der Waals surface area contributed by atoms with Crippen molar-refractivity contribution < 1.29 is 9.13 Å². The summed E-state index contributed by atoms with van der Waals surface area (Å²) in [6.07, 6.45) is 9.00. The summed E-state index contributed by atoms with van der Waals surface area (Å²) in [5, 5.41) is 4.83. The summed E-state index contributed by atoms with van der Waals surface area (Å²) < 4.78 is 24.6. The monoisotopic (exact) mass is 508 g/mol. The van der Waals surface area contributed by atoms with Gasteiger partial charge in [0.15, 0.2) is 5.65 Å². The van der Waals surface area contributed by atoms with Crippen LogP contribution in [0.25, 0.3) is 16.9 Å². The third kappa shape index (κ3) is 3.96. The van der Waals surface area contributed by atoms with Gasteiger partial charge in [-0.3, -0.25) is 13.9 Å². The number of rotatable bonds is 4. The molecule has 4 heterocycles. The van der Waals surface area contributed by atoms with Crippen LogP contribution in [0.4, 0.5) is 10.2 Å². The zero-order chi connectivity index (χ0) is 25.0. The number of fused-ring (bicyclic) bond motifs is 1. The molecule has 186 valence electrons. The number of hydrogen-bond donors (Lipinski definition) is 0. The number of anilines is 1. The number of nitrogens with zero attached hydrogens (tertiary/aromatic N) is 6. The van der Waals surface area contributed by atoms with Crippen molar-refractivity contribution in [2.45, 2.75) is 45.3 Å². The molecule has 1 aromatic carbocycles.